The molecule has 1 aromatic heterocycles. The zero-order chi connectivity index (χ0) is 9.84. The van der Waals surface area contributed by atoms with E-state index >= 15 is 0 Å². The van der Waals surface area contributed by atoms with Crippen LogP contribution in [-0.2, 0) is 13.5 Å². The molecule has 0 aliphatic heterocycles. The summed E-state index contributed by atoms with van der Waals surface area (Å²) in [7, 11) is 5.52. The molecule has 0 amide bonds. The van der Waals surface area contributed by atoms with Crippen LogP contribution in [0.1, 0.15) is 11.3 Å². The molecule has 74 valence electrons. The summed E-state index contributed by atoms with van der Waals surface area (Å²) in [6.45, 7) is 2.95. The first-order chi connectivity index (χ1) is 6.20. The maximum Gasteiger partial charge on any atom is 0.214 e. The maximum atomic E-state index is 5.27. The average molecular weight is 183 g/mol. The third-order valence-electron chi connectivity index (χ3n) is 2.11. The first kappa shape index (κ1) is 10.1. The van der Waals surface area contributed by atoms with E-state index < -0.39 is 0 Å². The third-order valence-corrected chi connectivity index (χ3v) is 2.11. The molecule has 1 rings (SSSR count). The number of likely N-dealkylation sites (N-methyl/N-ethyl adjacent to an activating group) is 1. The normalized spacial score (nSPS) is 10.5. The second kappa shape index (κ2) is 4.28. The first-order valence-electron chi connectivity index (χ1n) is 4.41. The second-order valence-corrected chi connectivity index (χ2v) is 3.05. The highest BCUT2D eigenvalue weighted by Crippen LogP contribution is 2.20. The number of rotatable bonds is 4. The Hall–Kier alpha value is -1.03. The number of aryl methyl sites for hydroxylation is 2. The fourth-order valence-corrected chi connectivity index (χ4v) is 1.47. The molecule has 13 heavy (non-hydrogen) atoms. The number of aromatic nitrogens is 2. The monoisotopic (exact) mass is 183 g/mol. The predicted octanol–water partition coefficient (Wildman–Crippen LogP) is 0.499. The Morgan fingerprint density at radius 1 is 1.54 bits per heavy atom. The lowest BCUT2D eigenvalue weighted by Gasteiger charge is -2.03. The van der Waals surface area contributed by atoms with E-state index in [1.54, 1.807) is 11.8 Å². The molecule has 0 bridgehead atoms. The molecule has 0 atom stereocenters. The summed E-state index contributed by atoms with van der Waals surface area (Å²) in [5, 5.41) is 7.41. The van der Waals surface area contributed by atoms with Gasteiger partial charge in [-0.05, 0) is 26.9 Å². The predicted molar refractivity (Wildman–Crippen MR) is 52.1 cm³/mol. The van der Waals surface area contributed by atoms with Crippen molar-refractivity contribution >= 4 is 0 Å². The van der Waals surface area contributed by atoms with Gasteiger partial charge >= 0.3 is 0 Å². The Balaban J connectivity index is 2.89. The van der Waals surface area contributed by atoms with Gasteiger partial charge in [0.15, 0.2) is 0 Å². The molecule has 0 saturated carbocycles. The summed E-state index contributed by atoms with van der Waals surface area (Å²) >= 11 is 0. The number of methoxy groups -OCH3 is 1. The lowest BCUT2D eigenvalue weighted by Crippen LogP contribution is -2.11. The van der Waals surface area contributed by atoms with Crippen LogP contribution in [0.25, 0.3) is 0 Å². The largest absolute Gasteiger partial charge is 0.481 e. The molecule has 0 unspecified atom stereocenters. The molecule has 4 heteroatoms. The molecule has 0 aromatic carbocycles. The van der Waals surface area contributed by atoms with Crippen LogP contribution < -0.4 is 10.1 Å². The Morgan fingerprint density at radius 3 is 2.77 bits per heavy atom. The SMILES string of the molecule is CNCCc1c(C)nn(C)c1OC. The van der Waals surface area contributed by atoms with Gasteiger partial charge in [-0.2, -0.15) is 5.10 Å². The van der Waals surface area contributed by atoms with E-state index in [1.807, 2.05) is 21.0 Å². The highest BCUT2D eigenvalue weighted by molar-refractivity contribution is 5.31. The van der Waals surface area contributed by atoms with Crippen molar-refractivity contribution in [3.8, 4) is 5.88 Å². The fourth-order valence-electron chi connectivity index (χ4n) is 1.47. The maximum absolute atomic E-state index is 5.27. The van der Waals surface area contributed by atoms with Crippen molar-refractivity contribution in [2.75, 3.05) is 20.7 Å². The van der Waals surface area contributed by atoms with Crippen LogP contribution in [0.15, 0.2) is 0 Å². The molecule has 4 nitrogen and oxygen atoms in total. The average Bonchev–Trinajstić information content (AvgIpc) is 2.37. The molecule has 0 aliphatic carbocycles. The Morgan fingerprint density at radius 2 is 2.23 bits per heavy atom. The molecule has 0 spiro atoms. The number of hydrogen-bond acceptors (Lipinski definition) is 3. The summed E-state index contributed by atoms with van der Waals surface area (Å²) in [4.78, 5) is 0. The van der Waals surface area contributed by atoms with E-state index in [0.29, 0.717) is 0 Å². The summed E-state index contributed by atoms with van der Waals surface area (Å²) in [5.74, 6) is 0.868. The van der Waals surface area contributed by atoms with Gasteiger partial charge in [0.25, 0.3) is 0 Å². The minimum Gasteiger partial charge on any atom is -0.481 e. The summed E-state index contributed by atoms with van der Waals surface area (Å²) in [6, 6.07) is 0. The van der Waals surface area contributed by atoms with Gasteiger partial charge < -0.3 is 10.1 Å². The highest BCUT2D eigenvalue weighted by atomic mass is 16.5. The van der Waals surface area contributed by atoms with Gasteiger partial charge in [0, 0.05) is 12.6 Å². The summed E-state index contributed by atoms with van der Waals surface area (Å²) in [6.07, 6.45) is 0.958. The van der Waals surface area contributed by atoms with Crippen LogP contribution in [0.5, 0.6) is 5.88 Å². The van der Waals surface area contributed by atoms with Crippen LogP contribution in [0, 0.1) is 6.92 Å². The molecule has 0 fully saturated rings. The van der Waals surface area contributed by atoms with Crippen LogP contribution in [0.3, 0.4) is 0 Å². The number of hydrogen-bond donors (Lipinski definition) is 1. The van der Waals surface area contributed by atoms with Gasteiger partial charge in [-0.3, -0.25) is 0 Å². The van der Waals surface area contributed by atoms with Gasteiger partial charge in [-0.15, -0.1) is 0 Å². The molecule has 0 aliphatic rings. The van der Waals surface area contributed by atoms with Gasteiger partial charge in [0.2, 0.25) is 5.88 Å². The molecule has 1 N–H and O–H groups in total. The minimum absolute atomic E-state index is 0.868. The van der Waals surface area contributed by atoms with E-state index in [0.717, 1.165) is 24.5 Å². The molecule has 1 heterocycles. The molecular weight excluding hydrogens is 166 g/mol. The van der Waals surface area contributed by atoms with Crippen molar-refractivity contribution in [2.45, 2.75) is 13.3 Å². The van der Waals surface area contributed by atoms with E-state index in [4.69, 9.17) is 4.74 Å². The lowest BCUT2D eigenvalue weighted by atomic mass is 10.2. The van der Waals surface area contributed by atoms with E-state index in [2.05, 4.69) is 10.4 Å². The van der Waals surface area contributed by atoms with Crippen molar-refractivity contribution < 1.29 is 4.74 Å². The number of ether oxygens (including phenoxy) is 1. The van der Waals surface area contributed by atoms with Crippen molar-refractivity contribution in [3.63, 3.8) is 0 Å². The highest BCUT2D eigenvalue weighted by Gasteiger charge is 2.12. The molecule has 0 saturated heterocycles. The van der Waals surface area contributed by atoms with Gasteiger partial charge in [-0.25, -0.2) is 4.68 Å². The third kappa shape index (κ3) is 2.01. The van der Waals surface area contributed by atoms with Crippen LogP contribution in [-0.4, -0.2) is 30.5 Å². The van der Waals surface area contributed by atoms with Crippen molar-refractivity contribution in [3.05, 3.63) is 11.3 Å². The number of nitrogens with zero attached hydrogens (tertiary/aromatic N) is 2. The van der Waals surface area contributed by atoms with Gasteiger partial charge in [-0.1, -0.05) is 0 Å². The zero-order valence-electron chi connectivity index (χ0n) is 8.72. The summed E-state index contributed by atoms with van der Waals surface area (Å²) in [5.41, 5.74) is 2.24. The van der Waals surface area contributed by atoms with Crippen LogP contribution in [0.2, 0.25) is 0 Å². The Labute approximate surface area is 78.9 Å². The molecule has 0 radical (unpaired) electrons. The van der Waals surface area contributed by atoms with Gasteiger partial charge in [0.05, 0.1) is 12.8 Å². The minimum atomic E-state index is 0.868. The number of nitrogens with one attached hydrogen (secondary N) is 1. The van der Waals surface area contributed by atoms with E-state index in [-0.39, 0.29) is 0 Å². The van der Waals surface area contributed by atoms with E-state index in [9.17, 15) is 0 Å². The van der Waals surface area contributed by atoms with E-state index in [1.165, 1.54) is 5.56 Å². The van der Waals surface area contributed by atoms with Crippen molar-refractivity contribution in [1.82, 2.24) is 15.1 Å². The summed E-state index contributed by atoms with van der Waals surface area (Å²) < 4.78 is 7.04. The Bertz CT molecular complexity index is 281. The van der Waals surface area contributed by atoms with Crippen LogP contribution >= 0.6 is 0 Å². The van der Waals surface area contributed by atoms with Crippen molar-refractivity contribution in [2.24, 2.45) is 7.05 Å². The second-order valence-electron chi connectivity index (χ2n) is 3.05. The topological polar surface area (TPSA) is 39.1 Å². The smallest absolute Gasteiger partial charge is 0.214 e. The first-order valence-corrected chi connectivity index (χ1v) is 4.41. The fraction of sp³-hybridized carbons (Fsp3) is 0.667. The quantitative estimate of drug-likeness (QED) is 0.738. The lowest BCUT2D eigenvalue weighted by molar-refractivity contribution is 0.369. The van der Waals surface area contributed by atoms with Crippen LogP contribution in [0.4, 0.5) is 0 Å². The molecular formula is C9H17N3O. The standard InChI is InChI=1S/C9H17N3O/c1-7-8(5-6-10-2)9(13-4)12(3)11-7/h10H,5-6H2,1-4H3. The Kier molecular flexibility index (Phi) is 3.31. The molecule has 1 aromatic rings. The van der Waals surface area contributed by atoms with Gasteiger partial charge in [0.1, 0.15) is 0 Å². The zero-order valence-corrected chi connectivity index (χ0v) is 8.72. The van der Waals surface area contributed by atoms with Crippen molar-refractivity contribution in [1.29, 1.82) is 0 Å².